The van der Waals surface area contributed by atoms with Crippen LogP contribution < -0.4 is 25.2 Å². The lowest BCUT2D eigenvalue weighted by molar-refractivity contribution is -0.117. The van der Waals surface area contributed by atoms with Gasteiger partial charge in [0.25, 0.3) is 5.56 Å². The zero-order chi connectivity index (χ0) is 21.1. The van der Waals surface area contributed by atoms with Crippen molar-refractivity contribution in [3.05, 3.63) is 52.8 Å². The summed E-state index contributed by atoms with van der Waals surface area (Å²) < 4.78 is 11.7. The highest BCUT2D eigenvalue weighted by molar-refractivity contribution is 5.93. The van der Waals surface area contributed by atoms with E-state index in [9.17, 15) is 9.59 Å². The van der Waals surface area contributed by atoms with Crippen LogP contribution in [0.25, 0.3) is 10.8 Å². The number of fused-ring (bicyclic) bond motifs is 1. The predicted octanol–water partition coefficient (Wildman–Crippen LogP) is 2.65. The molecule has 1 fully saturated rings. The molecule has 1 aliphatic heterocycles. The quantitative estimate of drug-likeness (QED) is 0.675. The van der Waals surface area contributed by atoms with Crippen molar-refractivity contribution < 1.29 is 14.3 Å². The Morgan fingerprint density at radius 2 is 1.73 bits per heavy atom. The summed E-state index contributed by atoms with van der Waals surface area (Å²) in [4.78, 5) is 27.8. The molecule has 0 spiro atoms. The highest BCUT2D eigenvalue weighted by atomic mass is 16.5. The third-order valence-electron chi connectivity index (χ3n) is 5.21. The predicted molar refractivity (Wildman–Crippen MR) is 116 cm³/mol. The van der Waals surface area contributed by atoms with Crippen molar-refractivity contribution in [3.8, 4) is 11.5 Å². The van der Waals surface area contributed by atoms with Gasteiger partial charge in [-0.05, 0) is 31.0 Å². The van der Waals surface area contributed by atoms with Crippen LogP contribution in [0.1, 0.15) is 12.8 Å². The summed E-state index contributed by atoms with van der Waals surface area (Å²) >= 11 is 0. The number of nitrogens with zero attached hydrogens (tertiary/aromatic N) is 3. The zero-order valence-corrected chi connectivity index (χ0v) is 17.1. The van der Waals surface area contributed by atoms with E-state index in [1.54, 1.807) is 31.4 Å². The molecule has 8 heteroatoms. The molecule has 8 nitrogen and oxygen atoms in total. The molecule has 0 saturated carbocycles. The molecule has 2 aromatic carbocycles. The molecular weight excluding hydrogens is 384 g/mol. The minimum atomic E-state index is -0.348. The summed E-state index contributed by atoms with van der Waals surface area (Å²) in [6.45, 7) is 1.61. The van der Waals surface area contributed by atoms with E-state index in [0.29, 0.717) is 22.6 Å². The molecule has 0 atom stereocenters. The van der Waals surface area contributed by atoms with Gasteiger partial charge in [0.2, 0.25) is 5.91 Å². The zero-order valence-electron chi connectivity index (χ0n) is 17.1. The van der Waals surface area contributed by atoms with E-state index < -0.39 is 0 Å². The average Bonchev–Trinajstić information content (AvgIpc) is 3.30. The topological polar surface area (TPSA) is 85.7 Å². The van der Waals surface area contributed by atoms with Crippen LogP contribution in [-0.4, -0.2) is 43.0 Å². The van der Waals surface area contributed by atoms with Crippen molar-refractivity contribution in [2.45, 2.75) is 19.4 Å². The number of nitrogens with one attached hydrogen (secondary N) is 1. The number of carbonyl (C=O) groups is 1. The molecule has 30 heavy (non-hydrogen) atoms. The number of anilines is 2. The Bertz CT molecular complexity index is 1140. The average molecular weight is 408 g/mol. The minimum absolute atomic E-state index is 0.182. The molecule has 1 saturated heterocycles. The lowest BCUT2D eigenvalue weighted by Gasteiger charge is -2.20. The fourth-order valence-electron chi connectivity index (χ4n) is 3.74. The first kappa shape index (κ1) is 19.8. The molecule has 3 aromatic rings. The SMILES string of the molecule is COc1ccc(NC(=O)Cn2nc(N3CCCC3)c3ccccc3c2=O)cc1OC. The van der Waals surface area contributed by atoms with Gasteiger partial charge < -0.3 is 19.7 Å². The van der Waals surface area contributed by atoms with Gasteiger partial charge in [0.05, 0.1) is 19.6 Å². The molecule has 1 aliphatic rings. The van der Waals surface area contributed by atoms with Crippen LogP contribution in [0, 0.1) is 0 Å². The minimum Gasteiger partial charge on any atom is -0.493 e. The summed E-state index contributed by atoms with van der Waals surface area (Å²) in [5.74, 6) is 1.48. The van der Waals surface area contributed by atoms with Gasteiger partial charge >= 0.3 is 0 Å². The van der Waals surface area contributed by atoms with E-state index in [-0.39, 0.29) is 18.0 Å². The molecule has 4 rings (SSSR count). The number of carbonyl (C=O) groups excluding carboxylic acids is 1. The normalized spacial score (nSPS) is 13.5. The van der Waals surface area contributed by atoms with E-state index in [1.807, 2.05) is 18.2 Å². The van der Waals surface area contributed by atoms with Crippen molar-refractivity contribution in [1.82, 2.24) is 9.78 Å². The van der Waals surface area contributed by atoms with Gasteiger partial charge in [0.1, 0.15) is 6.54 Å². The lowest BCUT2D eigenvalue weighted by atomic mass is 10.2. The molecule has 0 aliphatic carbocycles. The van der Waals surface area contributed by atoms with Crippen molar-refractivity contribution in [2.24, 2.45) is 0 Å². The van der Waals surface area contributed by atoms with Gasteiger partial charge in [0, 0.05) is 30.2 Å². The second-order valence-electron chi connectivity index (χ2n) is 7.14. The van der Waals surface area contributed by atoms with E-state index in [0.717, 1.165) is 37.1 Å². The van der Waals surface area contributed by atoms with Crippen LogP contribution in [-0.2, 0) is 11.3 Å². The standard InChI is InChI=1S/C22H24N4O4/c1-29-18-10-9-15(13-19(18)30-2)23-20(27)14-26-22(28)17-8-4-3-7-16(17)21(24-26)25-11-5-6-12-25/h3-4,7-10,13H,5-6,11-12,14H2,1-2H3,(H,23,27). The molecule has 1 amide bonds. The van der Waals surface area contributed by atoms with Gasteiger partial charge in [-0.25, -0.2) is 4.68 Å². The molecule has 0 radical (unpaired) electrons. The maximum absolute atomic E-state index is 12.9. The second kappa shape index (κ2) is 8.44. The summed E-state index contributed by atoms with van der Waals surface area (Å²) in [6.07, 6.45) is 2.18. The monoisotopic (exact) mass is 408 g/mol. The van der Waals surface area contributed by atoms with Crippen LogP contribution in [0.4, 0.5) is 11.5 Å². The number of amides is 1. The molecule has 156 valence electrons. The van der Waals surface area contributed by atoms with E-state index in [2.05, 4.69) is 15.3 Å². The number of ether oxygens (including phenoxy) is 2. The third-order valence-corrected chi connectivity index (χ3v) is 5.21. The van der Waals surface area contributed by atoms with Crippen molar-refractivity contribution in [3.63, 3.8) is 0 Å². The van der Waals surface area contributed by atoms with Crippen LogP contribution in [0.2, 0.25) is 0 Å². The smallest absolute Gasteiger partial charge is 0.275 e. The number of methoxy groups -OCH3 is 2. The summed E-state index contributed by atoms with van der Waals surface area (Å²) in [5, 5.41) is 8.73. The van der Waals surface area contributed by atoms with Crippen molar-refractivity contribution in [1.29, 1.82) is 0 Å². The largest absolute Gasteiger partial charge is 0.493 e. The van der Waals surface area contributed by atoms with Crippen molar-refractivity contribution in [2.75, 3.05) is 37.5 Å². The first-order valence-electron chi connectivity index (χ1n) is 9.87. The molecule has 1 aromatic heterocycles. The molecular formula is C22H24N4O4. The maximum Gasteiger partial charge on any atom is 0.275 e. The number of hydrogen-bond donors (Lipinski definition) is 1. The molecule has 0 bridgehead atoms. The third kappa shape index (κ3) is 3.80. The summed E-state index contributed by atoms with van der Waals surface area (Å²) in [5.41, 5.74) is 0.266. The lowest BCUT2D eigenvalue weighted by Crippen LogP contribution is -2.32. The van der Waals surface area contributed by atoms with E-state index >= 15 is 0 Å². The van der Waals surface area contributed by atoms with E-state index in [1.165, 1.54) is 11.8 Å². The Hall–Kier alpha value is -3.55. The highest BCUT2D eigenvalue weighted by Gasteiger charge is 2.20. The Balaban J connectivity index is 1.62. The Morgan fingerprint density at radius 3 is 2.43 bits per heavy atom. The van der Waals surface area contributed by atoms with Gasteiger partial charge in [-0.2, -0.15) is 5.10 Å². The van der Waals surface area contributed by atoms with Crippen LogP contribution >= 0.6 is 0 Å². The fraction of sp³-hybridized carbons (Fsp3) is 0.318. The second-order valence-corrected chi connectivity index (χ2v) is 7.14. The van der Waals surface area contributed by atoms with Crippen LogP contribution in [0.5, 0.6) is 11.5 Å². The highest BCUT2D eigenvalue weighted by Crippen LogP contribution is 2.30. The molecule has 2 heterocycles. The van der Waals surface area contributed by atoms with Gasteiger partial charge in [-0.1, -0.05) is 18.2 Å². The summed E-state index contributed by atoms with van der Waals surface area (Å²) in [7, 11) is 3.08. The Labute approximate surface area is 174 Å². The number of hydrogen-bond acceptors (Lipinski definition) is 6. The van der Waals surface area contributed by atoms with Gasteiger partial charge in [-0.3, -0.25) is 9.59 Å². The first-order valence-corrected chi connectivity index (χ1v) is 9.87. The number of aromatic nitrogens is 2. The van der Waals surface area contributed by atoms with Gasteiger partial charge in [-0.15, -0.1) is 0 Å². The maximum atomic E-state index is 12.9. The Morgan fingerprint density at radius 1 is 1.03 bits per heavy atom. The van der Waals surface area contributed by atoms with Crippen molar-refractivity contribution >= 4 is 28.2 Å². The first-order chi connectivity index (χ1) is 14.6. The van der Waals surface area contributed by atoms with Crippen LogP contribution in [0.3, 0.4) is 0 Å². The van der Waals surface area contributed by atoms with Gasteiger partial charge in [0.15, 0.2) is 17.3 Å². The number of benzene rings is 2. The van der Waals surface area contributed by atoms with E-state index in [4.69, 9.17) is 9.47 Å². The number of rotatable bonds is 6. The van der Waals surface area contributed by atoms with Crippen LogP contribution in [0.15, 0.2) is 47.3 Å². The molecule has 0 unspecified atom stereocenters. The fourth-order valence-corrected chi connectivity index (χ4v) is 3.74. The summed E-state index contributed by atoms with van der Waals surface area (Å²) in [6, 6.07) is 12.5. The molecule has 1 N–H and O–H groups in total. The Kier molecular flexibility index (Phi) is 5.56.